The van der Waals surface area contributed by atoms with Crippen molar-refractivity contribution in [2.75, 3.05) is 43.0 Å². The Morgan fingerprint density at radius 3 is 2.65 bits per heavy atom. The van der Waals surface area contributed by atoms with Gasteiger partial charge in [0.2, 0.25) is 0 Å². The smallest absolute Gasteiger partial charge is 0.173 e. The van der Waals surface area contributed by atoms with E-state index in [0.29, 0.717) is 17.3 Å². The van der Waals surface area contributed by atoms with E-state index in [1.165, 1.54) is 0 Å². The first-order chi connectivity index (χ1) is 12.7. The Bertz CT molecular complexity index is 809. The minimum Gasteiger partial charge on any atom is -0.492 e. The normalized spacial score (nSPS) is 13.8. The summed E-state index contributed by atoms with van der Waals surface area (Å²) in [7, 11) is 0. The Kier molecular flexibility index (Phi) is 5.92. The number of rotatable bonds is 4. The lowest BCUT2D eigenvalue weighted by Gasteiger charge is -2.38. The summed E-state index contributed by atoms with van der Waals surface area (Å²) in [6, 6.07) is 17.7. The average Bonchev–Trinajstić information content (AvgIpc) is 2.69. The molecule has 0 aliphatic carbocycles. The number of thiocarbonyl (C=S) groups is 1. The van der Waals surface area contributed by atoms with Gasteiger partial charge >= 0.3 is 0 Å². The van der Waals surface area contributed by atoms with Crippen LogP contribution in [0.4, 0.5) is 11.4 Å². The summed E-state index contributed by atoms with van der Waals surface area (Å²) in [6.07, 6.45) is 0. The van der Waals surface area contributed by atoms with Crippen molar-refractivity contribution in [2.45, 2.75) is 6.92 Å². The summed E-state index contributed by atoms with van der Waals surface area (Å²) in [6.45, 7) is 6.09. The van der Waals surface area contributed by atoms with Gasteiger partial charge in [-0.25, -0.2) is 0 Å². The lowest BCUT2D eigenvalue weighted by Crippen LogP contribution is -2.50. The number of benzene rings is 2. The molecule has 3 rings (SSSR count). The maximum atomic E-state index is 9.01. The molecule has 1 aliphatic heterocycles. The highest BCUT2D eigenvalue weighted by atomic mass is 32.1. The van der Waals surface area contributed by atoms with E-state index in [-0.39, 0.29) is 0 Å². The van der Waals surface area contributed by atoms with E-state index in [1.54, 1.807) is 12.1 Å². The molecule has 0 bridgehead atoms. The van der Waals surface area contributed by atoms with E-state index in [0.717, 1.165) is 43.3 Å². The van der Waals surface area contributed by atoms with Gasteiger partial charge in [0.15, 0.2) is 5.11 Å². The van der Waals surface area contributed by atoms with Crippen LogP contribution in [0, 0.1) is 11.3 Å². The van der Waals surface area contributed by atoms with Gasteiger partial charge in [-0.3, -0.25) is 0 Å². The topological polar surface area (TPSA) is 51.5 Å². The van der Waals surface area contributed by atoms with Gasteiger partial charge in [-0.1, -0.05) is 18.2 Å². The Morgan fingerprint density at radius 2 is 1.92 bits per heavy atom. The maximum Gasteiger partial charge on any atom is 0.173 e. The molecule has 6 heteroatoms. The number of nitriles is 1. The van der Waals surface area contributed by atoms with Crippen molar-refractivity contribution in [3.63, 3.8) is 0 Å². The largest absolute Gasteiger partial charge is 0.492 e. The van der Waals surface area contributed by atoms with Crippen molar-refractivity contribution < 1.29 is 4.74 Å². The molecule has 1 aliphatic rings. The van der Waals surface area contributed by atoms with Crippen LogP contribution < -0.4 is 15.0 Å². The van der Waals surface area contributed by atoms with Gasteiger partial charge in [-0.2, -0.15) is 5.26 Å². The van der Waals surface area contributed by atoms with Crippen molar-refractivity contribution in [3.8, 4) is 11.8 Å². The Morgan fingerprint density at radius 1 is 1.15 bits per heavy atom. The van der Waals surface area contributed by atoms with Gasteiger partial charge in [0.1, 0.15) is 5.75 Å². The molecule has 1 saturated heterocycles. The van der Waals surface area contributed by atoms with Gasteiger partial charge in [0, 0.05) is 31.9 Å². The standard InChI is InChI=1S/C20H22N4OS/c1-2-25-19-9-4-3-8-18(19)23-10-12-24(13-11-23)20(26)22-17-7-5-6-16(14-17)15-21/h3-9,14H,2,10-13H2,1H3,(H,22,26). The van der Waals surface area contributed by atoms with E-state index in [1.807, 2.05) is 37.3 Å². The highest BCUT2D eigenvalue weighted by Gasteiger charge is 2.21. The summed E-state index contributed by atoms with van der Waals surface area (Å²) in [4.78, 5) is 4.49. The van der Waals surface area contributed by atoms with E-state index >= 15 is 0 Å². The maximum absolute atomic E-state index is 9.01. The Balaban J connectivity index is 1.60. The van der Waals surface area contributed by atoms with Crippen LogP contribution in [0.15, 0.2) is 48.5 Å². The minimum absolute atomic E-state index is 0.621. The zero-order valence-electron chi connectivity index (χ0n) is 14.8. The first kappa shape index (κ1) is 18.0. The lowest BCUT2D eigenvalue weighted by molar-refractivity contribution is 0.336. The molecule has 1 N–H and O–H groups in total. The molecule has 0 aromatic heterocycles. The van der Waals surface area contributed by atoms with Gasteiger partial charge in [0.05, 0.1) is 23.9 Å². The number of ether oxygens (including phenoxy) is 1. The molecule has 2 aromatic rings. The molecule has 0 unspecified atom stereocenters. The van der Waals surface area contributed by atoms with Crippen molar-refractivity contribution in [3.05, 3.63) is 54.1 Å². The van der Waals surface area contributed by atoms with Gasteiger partial charge in [-0.05, 0) is 49.5 Å². The number of hydrogen-bond donors (Lipinski definition) is 1. The molecule has 0 saturated carbocycles. The van der Waals surface area contributed by atoms with Crippen LogP contribution in [0.25, 0.3) is 0 Å². The molecule has 0 spiro atoms. The van der Waals surface area contributed by atoms with E-state index in [9.17, 15) is 0 Å². The quantitative estimate of drug-likeness (QED) is 0.836. The Hall–Kier alpha value is -2.78. The summed E-state index contributed by atoms with van der Waals surface area (Å²) >= 11 is 5.55. The number of nitrogens with zero attached hydrogens (tertiary/aromatic N) is 3. The summed E-state index contributed by atoms with van der Waals surface area (Å²) in [5.41, 5.74) is 2.60. The Labute approximate surface area is 159 Å². The monoisotopic (exact) mass is 366 g/mol. The lowest BCUT2D eigenvalue weighted by atomic mass is 10.2. The van der Waals surface area contributed by atoms with Crippen molar-refractivity contribution >= 4 is 28.7 Å². The van der Waals surface area contributed by atoms with Crippen LogP contribution in [0.2, 0.25) is 0 Å². The molecule has 134 valence electrons. The van der Waals surface area contributed by atoms with Crippen molar-refractivity contribution in [1.82, 2.24) is 4.90 Å². The van der Waals surface area contributed by atoms with Crippen LogP contribution in [-0.2, 0) is 0 Å². The second kappa shape index (κ2) is 8.54. The fraction of sp³-hybridized carbons (Fsp3) is 0.300. The van der Waals surface area contributed by atoms with Crippen LogP contribution >= 0.6 is 12.2 Å². The summed E-state index contributed by atoms with van der Waals surface area (Å²) in [5, 5.41) is 12.9. The van der Waals surface area contributed by atoms with E-state index in [4.69, 9.17) is 22.2 Å². The second-order valence-electron chi connectivity index (χ2n) is 6.00. The fourth-order valence-corrected chi connectivity index (χ4v) is 3.32. The predicted molar refractivity (Wildman–Crippen MR) is 109 cm³/mol. The minimum atomic E-state index is 0.621. The SMILES string of the molecule is CCOc1ccccc1N1CCN(C(=S)Nc2cccc(C#N)c2)CC1. The molecule has 0 atom stereocenters. The summed E-state index contributed by atoms with van der Waals surface area (Å²) in [5.74, 6) is 0.928. The zero-order valence-corrected chi connectivity index (χ0v) is 15.6. The number of para-hydroxylation sites is 2. The van der Waals surface area contributed by atoms with Gasteiger partial charge in [0.25, 0.3) is 0 Å². The van der Waals surface area contributed by atoms with E-state index < -0.39 is 0 Å². The third kappa shape index (κ3) is 4.24. The van der Waals surface area contributed by atoms with Gasteiger partial charge < -0.3 is 19.9 Å². The fourth-order valence-electron chi connectivity index (χ4n) is 3.02. The molecule has 5 nitrogen and oxygen atoms in total. The summed E-state index contributed by atoms with van der Waals surface area (Å²) < 4.78 is 5.75. The van der Waals surface area contributed by atoms with Crippen LogP contribution in [0.3, 0.4) is 0 Å². The zero-order chi connectivity index (χ0) is 18.4. The molecule has 0 radical (unpaired) electrons. The average molecular weight is 366 g/mol. The predicted octanol–water partition coefficient (Wildman–Crippen LogP) is 3.48. The second-order valence-corrected chi connectivity index (χ2v) is 6.38. The molecular formula is C20H22N4OS. The third-order valence-corrected chi connectivity index (χ3v) is 4.68. The van der Waals surface area contributed by atoms with Gasteiger partial charge in [-0.15, -0.1) is 0 Å². The van der Waals surface area contributed by atoms with Crippen LogP contribution in [0.5, 0.6) is 5.75 Å². The molecule has 2 aromatic carbocycles. The molecule has 1 fully saturated rings. The number of nitrogens with one attached hydrogen (secondary N) is 1. The molecule has 0 amide bonds. The molecule has 1 heterocycles. The number of hydrogen-bond acceptors (Lipinski definition) is 4. The first-order valence-electron chi connectivity index (χ1n) is 8.74. The van der Waals surface area contributed by atoms with Crippen LogP contribution in [-0.4, -0.2) is 42.8 Å². The van der Waals surface area contributed by atoms with Crippen LogP contribution in [0.1, 0.15) is 12.5 Å². The van der Waals surface area contributed by atoms with Crippen molar-refractivity contribution in [1.29, 1.82) is 5.26 Å². The molecule has 26 heavy (non-hydrogen) atoms. The first-order valence-corrected chi connectivity index (χ1v) is 9.15. The third-order valence-electron chi connectivity index (χ3n) is 4.32. The molecular weight excluding hydrogens is 344 g/mol. The number of anilines is 2. The highest BCUT2D eigenvalue weighted by Crippen LogP contribution is 2.28. The van der Waals surface area contributed by atoms with Crippen molar-refractivity contribution in [2.24, 2.45) is 0 Å². The number of piperazine rings is 1. The van der Waals surface area contributed by atoms with E-state index in [2.05, 4.69) is 27.3 Å². The highest BCUT2D eigenvalue weighted by molar-refractivity contribution is 7.80.